The first kappa shape index (κ1) is 67.9. The van der Waals surface area contributed by atoms with Crippen molar-refractivity contribution in [2.45, 2.75) is 354 Å². The second kappa shape index (κ2) is 59.5. The third-order valence-corrected chi connectivity index (χ3v) is 14.2. The van der Waals surface area contributed by atoms with Crippen LogP contribution < -0.4 is 0 Å². The van der Waals surface area contributed by atoms with E-state index in [1.165, 1.54) is 250 Å². The predicted octanol–water partition coefficient (Wildman–Crippen LogP) is 21.1. The largest absolute Gasteiger partial charge is 0.462 e. The standard InChI is InChI=1S/C64H120O6/c1-4-7-10-13-16-19-22-25-27-29-31-32-34-35-37-39-42-45-48-51-54-57-63(66)69-60-61(59-68-62(65)56-53-50-47-44-41-24-21-18-15-12-9-6-3)70-64(67)58-55-52-49-46-43-40-38-36-33-30-28-26-23-20-17-14-11-8-5-2/h26,28-29,31,61H,4-25,27,30,32-60H2,1-3H3/b28-26-,31-29-. The van der Waals surface area contributed by atoms with Gasteiger partial charge in [0, 0.05) is 19.3 Å². The smallest absolute Gasteiger partial charge is 0.306 e. The molecule has 6 nitrogen and oxygen atoms in total. The van der Waals surface area contributed by atoms with E-state index in [0.717, 1.165) is 57.8 Å². The van der Waals surface area contributed by atoms with Gasteiger partial charge in [0.2, 0.25) is 0 Å². The van der Waals surface area contributed by atoms with Gasteiger partial charge in [-0.3, -0.25) is 14.4 Å². The lowest BCUT2D eigenvalue weighted by atomic mass is 10.0. The van der Waals surface area contributed by atoms with Gasteiger partial charge in [-0.2, -0.15) is 0 Å². The van der Waals surface area contributed by atoms with E-state index in [4.69, 9.17) is 14.2 Å². The summed E-state index contributed by atoms with van der Waals surface area (Å²) in [6.07, 6.45) is 70.3. The maximum absolute atomic E-state index is 12.9. The van der Waals surface area contributed by atoms with Gasteiger partial charge in [0.25, 0.3) is 0 Å². The number of allylic oxidation sites excluding steroid dienone is 4. The van der Waals surface area contributed by atoms with Gasteiger partial charge in [-0.1, -0.05) is 283 Å². The van der Waals surface area contributed by atoms with E-state index in [2.05, 4.69) is 45.1 Å². The molecule has 0 fully saturated rings. The first-order valence-electron chi connectivity index (χ1n) is 31.3. The Balaban J connectivity index is 4.27. The second-order valence-electron chi connectivity index (χ2n) is 21.3. The van der Waals surface area contributed by atoms with Crippen molar-refractivity contribution in [1.29, 1.82) is 0 Å². The van der Waals surface area contributed by atoms with Crippen molar-refractivity contribution < 1.29 is 28.6 Å². The van der Waals surface area contributed by atoms with Gasteiger partial charge < -0.3 is 14.2 Å². The number of unbranched alkanes of at least 4 members (excludes halogenated alkanes) is 43. The lowest BCUT2D eigenvalue weighted by Crippen LogP contribution is -2.30. The molecule has 0 rings (SSSR count). The molecule has 0 aliphatic carbocycles. The van der Waals surface area contributed by atoms with Gasteiger partial charge in [0.15, 0.2) is 6.10 Å². The van der Waals surface area contributed by atoms with Gasteiger partial charge in [-0.15, -0.1) is 0 Å². The Morgan fingerprint density at radius 2 is 0.471 bits per heavy atom. The highest BCUT2D eigenvalue weighted by atomic mass is 16.6. The molecule has 0 aromatic heterocycles. The molecule has 0 aliphatic heterocycles. The Morgan fingerprint density at radius 1 is 0.271 bits per heavy atom. The number of rotatable bonds is 58. The zero-order valence-corrected chi connectivity index (χ0v) is 47.3. The lowest BCUT2D eigenvalue weighted by molar-refractivity contribution is -0.167. The minimum Gasteiger partial charge on any atom is -0.462 e. The van der Waals surface area contributed by atoms with Gasteiger partial charge >= 0.3 is 17.9 Å². The molecular formula is C64H120O6. The Hall–Kier alpha value is -2.11. The normalized spacial score (nSPS) is 12.1. The van der Waals surface area contributed by atoms with Crippen molar-refractivity contribution in [2.75, 3.05) is 13.2 Å². The van der Waals surface area contributed by atoms with Crippen LogP contribution in [0.1, 0.15) is 348 Å². The number of hydrogen-bond acceptors (Lipinski definition) is 6. The molecule has 0 saturated carbocycles. The van der Waals surface area contributed by atoms with Gasteiger partial charge in [0.05, 0.1) is 0 Å². The molecule has 0 aromatic rings. The van der Waals surface area contributed by atoms with Crippen molar-refractivity contribution in [3.05, 3.63) is 24.3 Å². The van der Waals surface area contributed by atoms with E-state index < -0.39 is 6.10 Å². The second-order valence-corrected chi connectivity index (χ2v) is 21.3. The van der Waals surface area contributed by atoms with Crippen LogP contribution in [0.4, 0.5) is 0 Å². The molecule has 0 aliphatic rings. The molecule has 412 valence electrons. The number of carbonyl (C=O) groups excluding carboxylic acids is 3. The van der Waals surface area contributed by atoms with E-state index in [1.54, 1.807) is 0 Å². The van der Waals surface area contributed by atoms with Crippen molar-refractivity contribution >= 4 is 17.9 Å². The summed E-state index contributed by atoms with van der Waals surface area (Å²) in [5.41, 5.74) is 0. The highest BCUT2D eigenvalue weighted by Crippen LogP contribution is 2.17. The van der Waals surface area contributed by atoms with Crippen molar-refractivity contribution in [2.24, 2.45) is 0 Å². The van der Waals surface area contributed by atoms with Crippen LogP contribution in [0, 0.1) is 0 Å². The zero-order chi connectivity index (χ0) is 50.7. The topological polar surface area (TPSA) is 78.9 Å². The van der Waals surface area contributed by atoms with Crippen LogP contribution in [0.15, 0.2) is 24.3 Å². The summed E-state index contributed by atoms with van der Waals surface area (Å²) >= 11 is 0. The first-order chi connectivity index (χ1) is 34.5. The van der Waals surface area contributed by atoms with Crippen LogP contribution in [0.2, 0.25) is 0 Å². The first-order valence-corrected chi connectivity index (χ1v) is 31.3. The average Bonchev–Trinajstić information content (AvgIpc) is 3.36. The van der Waals surface area contributed by atoms with Crippen LogP contribution in [-0.2, 0) is 28.6 Å². The van der Waals surface area contributed by atoms with Crippen LogP contribution in [0.5, 0.6) is 0 Å². The van der Waals surface area contributed by atoms with Gasteiger partial charge in [-0.05, 0) is 70.6 Å². The van der Waals surface area contributed by atoms with Crippen LogP contribution >= 0.6 is 0 Å². The maximum atomic E-state index is 12.9. The molecule has 1 unspecified atom stereocenters. The van der Waals surface area contributed by atoms with E-state index in [1.807, 2.05) is 0 Å². The number of carbonyl (C=O) groups is 3. The summed E-state index contributed by atoms with van der Waals surface area (Å²) in [4.78, 5) is 38.2. The molecule has 0 bridgehead atoms. The zero-order valence-electron chi connectivity index (χ0n) is 47.3. The quantitative estimate of drug-likeness (QED) is 0.0261. The Bertz CT molecular complexity index is 1130. The fourth-order valence-corrected chi connectivity index (χ4v) is 9.44. The van der Waals surface area contributed by atoms with Crippen LogP contribution in [0.3, 0.4) is 0 Å². The van der Waals surface area contributed by atoms with Gasteiger partial charge in [0.1, 0.15) is 13.2 Å². The number of hydrogen-bond donors (Lipinski definition) is 0. The number of esters is 3. The highest BCUT2D eigenvalue weighted by molar-refractivity contribution is 5.71. The Morgan fingerprint density at radius 3 is 0.714 bits per heavy atom. The summed E-state index contributed by atoms with van der Waals surface area (Å²) in [6, 6.07) is 0. The molecule has 6 heteroatoms. The molecule has 0 aromatic carbocycles. The molecule has 0 amide bonds. The predicted molar refractivity (Wildman–Crippen MR) is 303 cm³/mol. The minimum absolute atomic E-state index is 0.0678. The molecule has 70 heavy (non-hydrogen) atoms. The molecule has 0 saturated heterocycles. The van der Waals surface area contributed by atoms with E-state index >= 15 is 0 Å². The summed E-state index contributed by atoms with van der Waals surface area (Å²) in [7, 11) is 0. The summed E-state index contributed by atoms with van der Waals surface area (Å²) in [5, 5.41) is 0. The third-order valence-electron chi connectivity index (χ3n) is 14.2. The summed E-state index contributed by atoms with van der Waals surface area (Å²) < 4.78 is 16.9. The molecule has 0 spiro atoms. The molecule has 0 heterocycles. The third kappa shape index (κ3) is 56.8. The fourth-order valence-electron chi connectivity index (χ4n) is 9.44. The SMILES string of the molecule is CCCCCCCC/C=C\CCCCCCCCCCCC(=O)OC(COC(=O)CCCCCCCCCCC/C=C\CCCCCCCCCC)COC(=O)CCCCCCCCCCCCCC. The van der Waals surface area contributed by atoms with Crippen LogP contribution in [0.25, 0.3) is 0 Å². The minimum atomic E-state index is -0.770. The Kier molecular flexibility index (Phi) is 57.7. The highest BCUT2D eigenvalue weighted by Gasteiger charge is 2.19. The summed E-state index contributed by atoms with van der Waals surface area (Å²) in [5.74, 6) is -0.849. The average molecular weight is 986 g/mol. The maximum Gasteiger partial charge on any atom is 0.306 e. The van der Waals surface area contributed by atoms with Crippen molar-refractivity contribution in [3.63, 3.8) is 0 Å². The van der Waals surface area contributed by atoms with E-state index in [0.29, 0.717) is 19.3 Å². The van der Waals surface area contributed by atoms with Gasteiger partial charge in [-0.25, -0.2) is 0 Å². The summed E-state index contributed by atoms with van der Waals surface area (Å²) in [6.45, 7) is 6.69. The Labute approximate surface area is 436 Å². The molecular weight excluding hydrogens is 865 g/mol. The molecule has 0 radical (unpaired) electrons. The monoisotopic (exact) mass is 985 g/mol. The molecule has 1 atom stereocenters. The van der Waals surface area contributed by atoms with Crippen LogP contribution in [-0.4, -0.2) is 37.2 Å². The number of ether oxygens (including phenoxy) is 3. The van der Waals surface area contributed by atoms with Crippen molar-refractivity contribution in [3.8, 4) is 0 Å². The fraction of sp³-hybridized carbons (Fsp3) is 0.891. The van der Waals surface area contributed by atoms with Crippen molar-refractivity contribution in [1.82, 2.24) is 0 Å². The van der Waals surface area contributed by atoms with E-state index in [9.17, 15) is 14.4 Å². The van der Waals surface area contributed by atoms with E-state index in [-0.39, 0.29) is 31.1 Å². The molecule has 0 N–H and O–H groups in total. The lowest BCUT2D eigenvalue weighted by Gasteiger charge is -2.18.